The van der Waals surface area contributed by atoms with Crippen molar-refractivity contribution >= 4 is 39.4 Å². The molecule has 0 aliphatic rings. The molecule has 104 valence electrons. The molecule has 0 amide bonds. The van der Waals surface area contributed by atoms with E-state index in [0.717, 1.165) is 16.1 Å². The zero-order valence-electron chi connectivity index (χ0n) is 10.9. The number of anilines is 1. The van der Waals surface area contributed by atoms with Gasteiger partial charge < -0.3 is 5.32 Å². The highest BCUT2D eigenvalue weighted by Crippen LogP contribution is 2.23. The Bertz CT molecular complexity index is 676. The topological polar surface area (TPSA) is 52.9 Å². The Morgan fingerprint density at radius 1 is 1.45 bits per heavy atom. The summed E-state index contributed by atoms with van der Waals surface area (Å²) in [6.07, 6.45) is 1.66. The van der Waals surface area contributed by atoms with Crippen LogP contribution in [0, 0.1) is 11.3 Å². The van der Waals surface area contributed by atoms with Crippen LogP contribution in [0.5, 0.6) is 0 Å². The zero-order chi connectivity index (χ0) is 14.5. The molecule has 1 atom stereocenters. The van der Waals surface area contributed by atoms with Gasteiger partial charge in [0.1, 0.15) is 6.07 Å². The van der Waals surface area contributed by atoms with Crippen molar-refractivity contribution in [3.05, 3.63) is 50.7 Å². The van der Waals surface area contributed by atoms with Crippen molar-refractivity contribution in [1.82, 2.24) is 0 Å². The molecule has 0 fully saturated rings. The van der Waals surface area contributed by atoms with Crippen molar-refractivity contribution in [3.63, 3.8) is 0 Å². The van der Waals surface area contributed by atoms with Crippen LogP contribution in [-0.4, -0.2) is 10.5 Å². The Morgan fingerprint density at radius 2 is 2.25 bits per heavy atom. The van der Waals surface area contributed by atoms with E-state index >= 15 is 0 Å². The Labute approximate surface area is 129 Å². The standard InChI is InChI=1S/C14H13ClN2OS2/c1-20(18)9-11-5-12(2-3-14(11)15)17-7-13-4-10(6-16)8-19-13/h2-5,8,17H,7,9H2,1H3. The van der Waals surface area contributed by atoms with Gasteiger partial charge in [-0.3, -0.25) is 4.21 Å². The second-order valence-corrected chi connectivity index (χ2v) is 7.13. The average molecular weight is 325 g/mol. The molecule has 1 aromatic heterocycles. The summed E-state index contributed by atoms with van der Waals surface area (Å²) in [5.74, 6) is 0.450. The maximum Gasteiger partial charge on any atom is 0.100 e. The summed E-state index contributed by atoms with van der Waals surface area (Å²) < 4.78 is 11.3. The number of benzene rings is 1. The molecule has 0 aliphatic heterocycles. The van der Waals surface area contributed by atoms with E-state index < -0.39 is 10.8 Å². The van der Waals surface area contributed by atoms with Gasteiger partial charge in [-0.2, -0.15) is 5.26 Å². The molecule has 6 heteroatoms. The second kappa shape index (κ2) is 6.89. The molecule has 0 radical (unpaired) electrons. The summed E-state index contributed by atoms with van der Waals surface area (Å²) in [7, 11) is -0.919. The molecular weight excluding hydrogens is 312 g/mol. The number of nitrogens with one attached hydrogen (secondary N) is 1. The summed E-state index contributed by atoms with van der Waals surface area (Å²) in [5, 5.41) is 14.5. The van der Waals surface area contributed by atoms with Gasteiger partial charge in [0.25, 0.3) is 0 Å². The maximum atomic E-state index is 11.3. The number of rotatable bonds is 5. The van der Waals surface area contributed by atoms with E-state index in [0.29, 0.717) is 22.9 Å². The van der Waals surface area contributed by atoms with Gasteiger partial charge in [0, 0.05) is 50.3 Å². The molecule has 0 bridgehead atoms. The average Bonchev–Trinajstić information content (AvgIpc) is 2.87. The van der Waals surface area contributed by atoms with Gasteiger partial charge in [-0.1, -0.05) is 11.6 Å². The fourth-order valence-electron chi connectivity index (χ4n) is 1.74. The van der Waals surface area contributed by atoms with E-state index in [1.165, 1.54) is 0 Å². The number of hydrogen-bond acceptors (Lipinski definition) is 4. The molecular formula is C14H13ClN2OS2. The first-order chi connectivity index (χ1) is 9.58. The highest BCUT2D eigenvalue weighted by molar-refractivity contribution is 7.83. The monoisotopic (exact) mass is 324 g/mol. The Morgan fingerprint density at radius 3 is 2.90 bits per heavy atom. The molecule has 2 aromatic rings. The van der Waals surface area contributed by atoms with Crippen molar-refractivity contribution in [2.75, 3.05) is 11.6 Å². The summed E-state index contributed by atoms with van der Waals surface area (Å²) in [4.78, 5) is 1.09. The molecule has 1 unspecified atom stereocenters. The maximum absolute atomic E-state index is 11.3. The number of nitriles is 1. The molecule has 0 saturated carbocycles. The van der Waals surface area contributed by atoms with Crippen LogP contribution in [0.25, 0.3) is 0 Å². The summed E-state index contributed by atoms with van der Waals surface area (Å²) in [6.45, 7) is 0.655. The van der Waals surface area contributed by atoms with Crippen molar-refractivity contribution in [2.45, 2.75) is 12.3 Å². The Hall–Kier alpha value is -1.35. The quantitative estimate of drug-likeness (QED) is 0.911. The van der Waals surface area contributed by atoms with Crippen LogP contribution in [-0.2, 0) is 23.1 Å². The number of thiophene rings is 1. The van der Waals surface area contributed by atoms with Crippen molar-refractivity contribution in [1.29, 1.82) is 5.26 Å². The van der Waals surface area contributed by atoms with E-state index in [1.54, 1.807) is 23.7 Å². The molecule has 0 aliphatic carbocycles. The lowest BCUT2D eigenvalue weighted by atomic mass is 10.2. The lowest BCUT2D eigenvalue weighted by Crippen LogP contribution is -2.00. The predicted molar refractivity (Wildman–Crippen MR) is 85.6 cm³/mol. The van der Waals surface area contributed by atoms with Crippen LogP contribution >= 0.6 is 22.9 Å². The second-order valence-electron chi connectivity index (χ2n) is 4.29. The zero-order valence-corrected chi connectivity index (χ0v) is 13.2. The number of nitrogens with zero attached hydrogens (tertiary/aromatic N) is 1. The van der Waals surface area contributed by atoms with E-state index in [-0.39, 0.29) is 0 Å². The van der Waals surface area contributed by atoms with Gasteiger partial charge in [0.15, 0.2) is 0 Å². The minimum absolute atomic E-state index is 0.450. The van der Waals surface area contributed by atoms with Crippen LogP contribution in [0.4, 0.5) is 5.69 Å². The Kier molecular flexibility index (Phi) is 5.18. The number of halogens is 1. The minimum atomic E-state index is -0.919. The molecule has 1 N–H and O–H groups in total. The minimum Gasteiger partial charge on any atom is -0.380 e. The lowest BCUT2D eigenvalue weighted by Gasteiger charge is -2.08. The van der Waals surface area contributed by atoms with Crippen LogP contribution < -0.4 is 5.32 Å². The van der Waals surface area contributed by atoms with Crippen molar-refractivity contribution in [3.8, 4) is 6.07 Å². The van der Waals surface area contributed by atoms with Crippen LogP contribution in [0.2, 0.25) is 5.02 Å². The van der Waals surface area contributed by atoms with Gasteiger partial charge in [0.05, 0.1) is 5.56 Å². The number of hydrogen-bond donors (Lipinski definition) is 1. The van der Waals surface area contributed by atoms with Crippen LogP contribution in [0.3, 0.4) is 0 Å². The van der Waals surface area contributed by atoms with E-state index in [1.807, 2.05) is 23.6 Å². The largest absolute Gasteiger partial charge is 0.380 e. The van der Waals surface area contributed by atoms with Gasteiger partial charge in [0.2, 0.25) is 0 Å². The lowest BCUT2D eigenvalue weighted by molar-refractivity contribution is 0.686. The van der Waals surface area contributed by atoms with Gasteiger partial charge in [-0.25, -0.2) is 0 Å². The predicted octanol–water partition coefficient (Wildman–Crippen LogP) is 3.76. The summed E-state index contributed by atoms with van der Waals surface area (Å²) >= 11 is 7.64. The van der Waals surface area contributed by atoms with Gasteiger partial charge in [-0.15, -0.1) is 11.3 Å². The van der Waals surface area contributed by atoms with E-state index in [4.69, 9.17) is 16.9 Å². The Balaban J connectivity index is 2.06. The smallest absolute Gasteiger partial charge is 0.100 e. The van der Waals surface area contributed by atoms with Crippen LogP contribution in [0.15, 0.2) is 29.6 Å². The van der Waals surface area contributed by atoms with Crippen LogP contribution in [0.1, 0.15) is 16.0 Å². The molecule has 3 nitrogen and oxygen atoms in total. The van der Waals surface area contributed by atoms with Crippen molar-refractivity contribution < 1.29 is 4.21 Å². The normalized spacial score (nSPS) is 11.8. The van der Waals surface area contributed by atoms with Gasteiger partial charge >= 0.3 is 0 Å². The summed E-state index contributed by atoms with van der Waals surface area (Å²) in [5.41, 5.74) is 2.49. The molecule has 1 aromatic carbocycles. The first-order valence-electron chi connectivity index (χ1n) is 5.88. The fraction of sp³-hybridized carbons (Fsp3) is 0.214. The first kappa shape index (κ1) is 15.0. The molecule has 20 heavy (non-hydrogen) atoms. The highest BCUT2D eigenvalue weighted by atomic mass is 35.5. The summed E-state index contributed by atoms with van der Waals surface area (Å²) in [6, 6.07) is 9.60. The van der Waals surface area contributed by atoms with Crippen molar-refractivity contribution in [2.24, 2.45) is 0 Å². The van der Waals surface area contributed by atoms with Gasteiger partial charge in [-0.05, 0) is 29.8 Å². The molecule has 2 rings (SSSR count). The third-order valence-electron chi connectivity index (χ3n) is 2.65. The fourth-order valence-corrected chi connectivity index (χ4v) is 3.43. The first-order valence-corrected chi connectivity index (χ1v) is 8.87. The SMILES string of the molecule is CS(=O)Cc1cc(NCc2cc(C#N)cs2)ccc1Cl. The van der Waals surface area contributed by atoms with E-state index in [9.17, 15) is 4.21 Å². The third-order valence-corrected chi connectivity index (χ3v) is 4.68. The molecule has 0 saturated heterocycles. The third kappa shape index (κ3) is 4.07. The van der Waals surface area contributed by atoms with E-state index in [2.05, 4.69) is 11.4 Å². The highest BCUT2D eigenvalue weighted by Gasteiger charge is 2.05. The molecule has 0 spiro atoms. The molecule has 1 heterocycles.